The standard InChI is InChI=1S/C16H13BrClN3/c1-10(13-4-2-11(17)8-14(13)18)21-12-3-5-15-16(9-12)20-7-6-19-15/h2-10,21H,1H3. The summed E-state index contributed by atoms with van der Waals surface area (Å²) in [4.78, 5) is 8.58. The van der Waals surface area contributed by atoms with Crippen LogP contribution < -0.4 is 5.32 Å². The molecule has 0 bridgehead atoms. The number of nitrogens with one attached hydrogen (secondary N) is 1. The molecule has 0 spiro atoms. The maximum atomic E-state index is 6.29. The molecule has 0 amide bonds. The minimum Gasteiger partial charge on any atom is -0.378 e. The Balaban J connectivity index is 1.87. The molecule has 0 saturated carbocycles. The van der Waals surface area contributed by atoms with E-state index in [1.54, 1.807) is 12.4 Å². The molecule has 0 fully saturated rings. The molecule has 3 rings (SSSR count). The molecule has 1 heterocycles. The van der Waals surface area contributed by atoms with E-state index >= 15 is 0 Å². The highest BCUT2D eigenvalue weighted by molar-refractivity contribution is 9.10. The highest BCUT2D eigenvalue weighted by Gasteiger charge is 2.10. The second kappa shape index (κ2) is 6.00. The zero-order valence-corrected chi connectivity index (χ0v) is 13.7. The van der Waals surface area contributed by atoms with Gasteiger partial charge in [-0.2, -0.15) is 0 Å². The molecule has 1 unspecified atom stereocenters. The first-order valence-corrected chi connectivity index (χ1v) is 7.73. The predicted molar refractivity (Wildman–Crippen MR) is 90.7 cm³/mol. The molecule has 1 atom stereocenters. The van der Waals surface area contributed by atoms with Gasteiger partial charge in [0, 0.05) is 33.6 Å². The summed E-state index contributed by atoms with van der Waals surface area (Å²) in [5.41, 5.74) is 3.81. The van der Waals surface area contributed by atoms with Crippen molar-refractivity contribution in [3.63, 3.8) is 0 Å². The van der Waals surface area contributed by atoms with Crippen LogP contribution in [-0.4, -0.2) is 9.97 Å². The van der Waals surface area contributed by atoms with E-state index in [1.165, 1.54) is 0 Å². The molecule has 3 aromatic rings. The Kier molecular flexibility index (Phi) is 4.08. The van der Waals surface area contributed by atoms with Gasteiger partial charge in [0.05, 0.1) is 11.0 Å². The smallest absolute Gasteiger partial charge is 0.0907 e. The van der Waals surface area contributed by atoms with Gasteiger partial charge in [-0.15, -0.1) is 0 Å². The highest BCUT2D eigenvalue weighted by Crippen LogP contribution is 2.29. The number of hydrogen-bond acceptors (Lipinski definition) is 3. The van der Waals surface area contributed by atoms with Crippen molar-refractivity contribution in [2.45, 2.75) is 13.0 Å². The predicted octanol–water partition coefficient (Wildman–Crippen LogP) is 5.22. The summed E-state index contributed by atoms with van der Waals surface area (Å²) in [7, 11) is 0. The van der Waals surface area contributed by atoms with E-state index in [9.17, 15) is 0 Å². The average molecular weight is 363 g/mol. The Morgan fingerprint density at radius 1 is 1.05 bits per heavy atom. The van der Waals surface area contributed by atoms with Gasteiger partial charge in [-0.25, -0.2) is 0 Å². The molecule has 21 heavy (non-hydrogen) atoms. The molecule has 0 aliphatic carbocycles. The Morgan fingerprint density at radius 2 is 1.81 bits per heavy atom. The minimum atomic E-state index is 0.0970. The zero-order chi connectivity index (χ0) is 14.8. The van der Waals surface area contributed by atoms with E-state index < -0.39 is 0 Å². The Hall–Kier alpha value is -1.65. The van der Waals surface area contributed by atoms with Gasteiger partial charge < -0.3 is 5.32 Å². The topological polar surface area (TPSA) is 37.8 Å². The lowest BCUT2D eigenvalue weighted by molar-refractivity contribution is 0.885. The Bertz CT molecular complexity index is 791. The number of hydrogen-bond donors (Lipinski definition) is 1. The lowest BCUT2D eigenvalue weighted by Gasteiger charge is -2.17. The van der Waals surface area contributed by atoms with Gasteiger partial charge in [0.15, 0.2) is 0 Å². The van der Waals surface area contributed by atoms with Crippen molar-refractivity contribution < 1.29 is 0 Å². The number of anilines is 1. The van der Waals surface area contributed by atoms with Crippen LogP contribution in [0.2, 0.25) is 5.02 Å². The van der Waals surface area contributed by atoms with Gasteiger partial charge in [0.2, 0.25) is 0 Å². The fraction of sp³-hybridized carbons (Fsp3) is 0.125. The van der Waals surface area contributed by atoms with Crippen LogP contribution in [0.25, 0.3) is 11.0 Å². The molecule has 0 aliphatic heterocycles. The van der Waals surface area contributed by atoms with Gasteiger partial charge in [0.1, 0.15) is 0 Å². The fourth-order valence-electron chi connectivity index (χ4n) is 2.23. The van der Waals surface area contributed by atoms with Crippen molar-refractivity contribution in [2.75, 3.05) is 5.32 Å². The second-order valence-electron chi connectivity index (χ2n) is 4.79. The second-order valence-corrected chi connectivity index (χ2v) is 6.11. The molecule has 0 saturated heterocycles. The lowest BCUT2D eigenvalue weighted by atomic mass is 10.1. The van der Waals surface area contributed by atoms with Gasteiger partial charge in [0.25, 0.3) is 0 Å². The van der Waals surface area contributed by atoms with Crippen molar-refractivity contribution in [3.05, 3.63) is 63.9 Å². The highest BCUT2D eigenvalue weighted by atomic mass is 79.9. The van der Waals surface area contributed by atoms with Crippen molar-refractivity contribution in [1.82, 2.24) is 9.97 Å². The van der Waals surface area contributed by atoms with Crippen molar-refractivity contribution in [2.24, 2.45) is 0 Å². The third-order valence-electron chi connectivity index (χ3n) is 3.28. The van der Waals surface area contributed by atoms with E-state index in [2.05, 4.69) is 38.1 Å². The molecule has 1 aromatic heterocycles. The zero-order valence-electron chi connectivity index (χ0n) is 11.3. The van der Waals surface area contributed by atoms with Crippen molar-refractivity contribution in [3.8, 4) is 0 Å². The molecular weight excluding hydrogens is 350 g/mol. The lowest BCUT2D eigenvalue weighted by Crippen LogP contribution is -2.07. The van der Waals surface area contributed by atoms with Crippen LogP contribution >= 0.6 is 27.5 Å². The van der Waals surface area contributed by atoms with Crippen LogP contribution in [0.4, 0.5) is 5.69 Å². The van der Waals surface area contributed by atoms with Gasteiger partial charge in [-0.05, 0) is 42.8 Å². The van der Waals surface area contributed by atoms with Crippen LogP contribution in [0.1, 0.15) is 18.5 Å². The van der Waals surface area contributed by atoms with Crippen LogP contribution in [0, 0.1) is 0 Å². The summed E-state index contributed by atoms with van der Waals surface area (Å²) < 4.78 is 0.976. The largest absolute Gasteiger partial charge is 0.378 e. The average Bonchev–Trinajstić information content (AvgIpc) is 2.47. The number of fused-ring (bicyclic) bond motifs is 1. The number of aromatic nitrogens is 2. The molecule has 0 radical (unpaired) electrons. The van der Waals surface area contributed by atoms with Crippen LogP contribution in [0.3, 0.4) is 0 Å². The number of halogens is 2. The van der Waals surface area contributed by atoms with Gasteiger partial charge >= 0.3 is 0 Å². The van der Waals surface area contributed by atoms with E-state index in [1.807, 2.05) is 36.4 Å². The van der Waals surface area contributed by atoms with Crippen molar-refractivity contribution in [1.29, 1.82) is 0 Å². The van der Waals surface area contributed by atoms with Gasteiger partial charge in [-0.3, -0.25) is 9.97 Å². The third-order valence-corrected chi connectivity index (χ3v) is 4.10. The SMILES string of the molecule is CC(Nc1ccc2nccnc2c1)c1ccc(Br)cc1Cl. The summed E-state index contributed by atoms with van der Waals surface area (Å²) >= 11 is 9.71. The molecule has 5 heteroatoms. The number of benzene rings is 2. The quantitative estimate of drug-likeness (QED) is 0.694. The first kappa shape index (κ1) is 14.3. The van der Waals surface area contributed by atoms with Crippen LogP contribution in [-0.2, 0) is 0 Å². The third kappa shape index (κ3) is 3.17. The molecule has 0 aliphatic rings. The normalized spacial score (nSPS) is 12.3. The van der Waals surface area contributed by atoms with Gasteiger partial charge in [-0.1, -0.05) is 33.6 Å². The van der Waals surface area contributed by atoms with Crippen molar-refractivity contribution >= 4 is 44.3 Å². The maximum Gasteiger partial charge on any atom is 0.0907 e. The van der Waals surface area contributed by atoms with Crippen LogP contribution in [0.5, 0.6) is 0 Å². The molecule has 106 valence electrons. The number of rotatable bonds is 3. The van der Waals surface area contributed by atoms with Crippen LogP contribution in [0.15, 0.2) is 53.3 Å². The summed E-state index contributed by atoms with van der Waals surface area (Å²) in [6, 6.07) is 12.0. The first-order chi connectivity index (χ1) is 10.1. The Morgan fingerprint density at radius 3 is 2.57 bits per heavy atom. The summed E-state index contributed by atoms with van der Waals surface area (Å²) in [5, 5.41) is 4.18. The maximum absolute atomic E-state index is 6.29. The summed E-state index contributed by atoms with van der Waals surface area (Å²) in [5.74, 6) is 0. The van der Waals surface area contributed by atoms with E-state index in [-0.39, 0.29) is 6.04 Å². The number of nitrogens with zero attached hydrogens (tertiary/aromatic N) is 2. The molecule has 1 N–H and O–H groups in total. The van der Waals surface area contributed by atoms with E-state index in [0.717, 1.165) is 31.8 Å². The minimum absolute atomic E-state index is 0.0970. The molecular formula is C16H13BrClN3. The molecule has 3 nitrogen and oxygen atoms in total. The summed E-state index contributed by atoms with van der Waals surface area (Å²) in [6.45, 7) is 2.08. The molecule has 2 aromatic carbocycles. The first-order valence-electron chi connectivity index (χ1n) is 6.56. The summed E-state index contributed by atoms with van der Waals surface area (Å²) in [6.07, 6.45) is 3.39. The van der Waals surface area contributed by atoms with E-state index in [0.29, 0.717) is 0 Å². The van der Waals surface area contributed by atoms with E-state index in [4.69, 9.17) is 11.6 Å². The monoisotopic (exact) mass is 361 g/mol. The Labute approximate surface area is 136 Å². The fourth-order valence-corrected chi connectivity index (χ4v) is 3.07.